The summed E-state index contributed by atoms with van der Waals surface area (Å²) in [5, 5.41) is 0. The molecule has 0 radical (unpaired) electrons. The van der Waals surface area contributed by atoms with Crippen molar-refractivity contribution in [3.8, 4) is 0 Å². The summed E-state index contributed by atoms with van der Waals surface area (Å²) in [6, 6.07) is 6.48. The molecule has 62 valence electrons. The van der Waals surface area contributed by atoms with Crippen molar-refractivity contribution in [1.29, 1.82) is 0 Å². The van der Waals surface area contributed by atoms with E-state index >= 15 is 0 Å². The van der Waals surface area contributed by atoms with Crippen molar-refractivity contribution >= 4 is 15.9 Å². The van der Waals surface area contributed by atoms with Crippen LogP contribution in [-0.2, 0) is 4.74 Å². The smallest absolute Gasteiger partial charge is 0.0838 e. The fourth-order valence-electron chi connectivity index (χ4n) is 2.21. The van der Waals surface area contributed by atoms with Gasteiger partial charge in [0.15, 0.2) is 0 Å². The Morgan fingerprint density at radius 3 is 2.75 bits per heavy atom. The maximum absolute atomic E-state index is 5.78. The van der Waals surface area contributed by atoms with Gasteiger partial charge in [0.05, 0.1) is 12.2 Å². The SMILES string of the molecule is Brc1ccc2c(c1)C1CCC2O1. The molecule has 12 heavy (non-hydrogen) atoms. The van der Waals surface area contributed by atoms with Crippen molar-refractivity contribution in [1.82, 2.24) is 0 Å². The lowest BCUT2D eigenvalue weighted by Crippen LogP contribution is -1.96. The Kier molecular flexibility index (Phi) is 1.38. The van der Waals surface area contributed by atoms with Gasteiger partial charge in [-0.2, -0.15) is 0 Å². The molecule has 0 aliphatic carbocycles. The second-order valence-electron chi connectivity index (χ2n) is 3.46. The number of hydrogen-bond donors (Lipinski definition) is 0. The van der Waals surface area contributed by atoms with Gasteiger partial charge in [-0.05, 0) is 36.1 Å². The molecule has 1 nitrogen and oxygen atoms in total. The van der Waals surface area contributed by atoms with Crippen LogP contribution in [0.2, 0.25) is 0 Å². The minimum Gasteiger partial charge on any atom is -0.366 e. The Labute approximate surface area is 79.9 Å². The third-order valence-electron chi connectivity index (χ3n) is 2.76. The van der Waals surface area contributed by atoms with Crippen molar-refractivity contribution in [2.45, 2.75) is 25.0 Å². The molecule has 0 N–H and O–H groups in total. The summed E-state index contributed by atoms with van der Waals surface area (Å²) in [5.41, 5.74) is 2.81. The fourth-order valence-corrected chi connectivity index (χ4v) is 2.59. The molecular weight excluding hydrogens is 216 g/mol. The molecule has 2 aliphatic heterocycles. The molecular formula is C10H9BrO. The van der Waals surface area contributed by atoms with Crippen LogP contribution in [0.15, 0.2) is 22.7 Å². The number of fused-ring (bicyclic) bond motifs is 5. The first-order valence-electron chi connectivity index (χ1n) is 4.29. The number of benzene rings is 1. The van der Waals surface area contributed by atoms with E-state index in [1.807, 2.05) is 0 Å². The van der Waals surface area contributed by atoms with Gasteiger partial charge in [0.25, 0.3) is 0 Å². The average molecular weight is 225 g/mol. The predicted molar refractivity (Wildman–Crippen MR) is 49.9 cm³/mol. The molecule has 1 aromatic carbocycles. The van der Waals surface area contributed by atoms with E-state index in [9.17, 15) is 0 Å². The molecule has 2 atom stereocenters. The van der Waals surface area contributed by atoms with E-state index in [2.05, 4.69) is 34.1 Å². The first kappa shape index (κ1) is 7.10. The van der Waals surface area contributed by atoms with Crippen LogP contribution in [0.25, 0.3) is 0 Å². The van der Waals surface area contributed by atoms with E-state index in [0.717, 1.165) is 4.47 Å². The number of rotatable bonds is 0. The van der Waals surface area contributed by atoms with Gasteiger partial charge in [-0.1, -0.05) is 22.0 Å². The topological polar surface area (TPSA) is 9.23 Å². The molecule has 3 rings (SSSR count). The zero-order valence-electron chi connectivity index (χ0n) is 6.59. The summed E-state index contributed by atoms with van der Waals surface area (Å²) in [5.74, 6) is 0. The standard InChI is InChI=1S/C10H9BrO/c11-6-1-2-7-8(5-6)10-4-3-9(7)12-10/h1-2,5,9-10H,3-4H2. The summed E-state index contributed by atoms with van der Waals surface area (Å²) < 4.78 is 6.94. The average Bonchev–Trinajstić information content (AvgIpc) is 2.63. The van der Waals surface area contributed by atoms with Gasteiger partial charge in [-0.15, -0.1) is 0 Å². The zero-order valence-corrected chi connectivity index (χ0v) is 8.17. The molecule has 2 aliphatic rings. The highest BCUT2D eigenvalue weighted by molar-refractivity contribution is 9.10. The summed E-state index contributed by atoms with van der Waals surface area (Å²) in [6.45, 7) is 0. The minimum atomic E-state index is 0.391. The Morgan fingerprint density at radius 2 is 1.92 bits per heavy atom. The number of hydrogen-bond acceptors (Lipinski definition) is 1. The molecule has 2 heterocycles. The third kappa shape index (κ3) is 0.824. The Bertz CT molecular complexity index is 335. The minimum absolute atomic E-state index is 0.391. The summed E-state index contributed by atoms with van der Waals surface area (Å²) in [6.07, 6.45) is 3.20. The first-order valence-corrected chi connectivity index (χ1v) is 5.09. The maximum atomic E-state index is 5.78. The van der Waals surface area contributed by atoms with Gasteiger partial charge in [0.1, 0.15) is 0 Å². The normalized spacial score (nSPS) is 30.8. The maximum Gasteiger partial charge on any atom is 0.0838 e. The van der Waals surface area contributed by atoms with E-state index < -0.39 is 0 Å². The Hall–Kier alpha value is -0.340. The van der Waals surface area contributed by atoms with Gasteiger partial charge in [0, 0.05) is 4.47 Å². The molecule has 1 saturated heterocycles. The van der Waals surface area contributed by atoms with Crippen LogP contribution in [0.1, 0.15) is 36.2 Å². The number of ether oxygens (including phenoxy) is 1. The van der Waals surface area contributed by atoms with Crippen LogP contribution in [0, 0.1) is 0 Å². The molecule has 2 bridgehead atoms. The van der Waals surface area contributed by atoms with Crippen molar-refractivity contribution in [2.24, 2.45) is 0 Å². The number of halogens is 1. The molecule has 1 fully saturated rings. The van der Waals surface area contributed by atoms with Crippen molar-refractivity contribution in [2.75, 3.05) is 0 Å². The second kappa shape index (κ2) is 2.33. The lowest BCUT2D eigenvalue weighted by Gasteiger charge is -2.10. The first-order chi connectivity index (χ1) is 5.84. The monoisotopic (exact) mass is 224 g/mol. The van der Waals surface area contributed by atoms with Crippen molar-refractivity contribution in [3.63, 3.8) is 0 Å². The van der Waals surface area contributed by atoms with Crippen LogP contribution < -0.4 is 0 Å². The Morgan fingerprint density at radius 1 is 1.17 bits per heavy atom. The van der Waals surface area contributed by atoms with Crippen LogP contribution in [0.4, 0.5) is 0 Å². The van der Waals surface area contributed by atoms with Crippen LogP contribution in [0.3, 0.4) is 0 Å². The van der Waals surface area contributed by atoms with E-state index in [4.69, 9.17) is 4.74 Å². The van der Waals surface area contributed by atoms with Crippen LogP contribution in [-0.4, -0.2) is 0 Å². The molecule has 2 heteroatoms. The molecule has 0 saturated carbocycles. The lowest BCUT2D eigenvalue weighted by molar-refractivity contribution is 0.0716. The van der Waals surface area contributed by atoms with Gasteiger partial charge >= 0.3 is 0 Å². The molecule has 0 aromatic heterocycles. The highest BCUT2D eigenvalue weighted by Gasteiger charge is 2.37. The van der Waals surface area contributed by atoms with E-state index in [1.54, 1.807) is 0 Å². The summed E-state index contributed by atoms with van der Waals surface area (Å²) in [7, 11) is 0. The van der Waals surface area contributed by atoms with E-state index in [0.29, 0.717) is 12.2 Å². The largest absolute Gasteiger partial charge is 0.366 e. The highest BCUT2D eigenvalue weighted by Crippen LogP contribution is 2.50. The third-order valence-corrected chi connectivity index (χ3v) is 3.26. The molecule has 1 aromatic rings. The Balaban J connectivity index is 2.20. The van der Waals surface area contributed by atoms with Crippen molar-refractivity contribution < 1.29 is 4.74 Å². The summed E-state index contributed by atoms with van der Waals surface area (Å²) in [4.78, 5) is 0. The van der Waals surface area contributed by atoms with Gasteiger partial charge in [-0.3, -0.25) is 0 Å². The van der Waals surface area contributed by atoms with Crippen molar-refractivity contribution in [3.05, 3.63) is 33.8 Å². The van der Waals surface area contributed by atoms with Gasteiger partial charge in [0.2, 0.25) is 0 Å². The zero-order chi connectivity index (χ0) is 8.13. The van der Waals surface area contributed by atoms with E-state index in [1.165, 1.54) is 24.0 Å². The second-order valence-corrected chi connectivity index (χ2v) is 4.38. The fraction of sp³-hybridized carbons (Fsp3) is 0.400. The molecule has 0 spiro atoms. The van der Waals surface area contributed by atoms with Gasteiger partial charge < -0.3 is 4.74 Å². The van der Waals surface area contributed by atoms with E-state index in [-0.39, 0.29) is 0 Å². The van der Waals surface area contributed by atoms with Crippen LogP contribution >= 0.6 is 15.9 Å². The molecule has 0 amide bonds. The quantitative estimate of drug-likeness (QED) is 0.657. The molecule has 2 unspecified atom stereocenters. The van der Waals surface area contributed by atoms with Gasteiger partial charge in [-0.25, -0.2) is 0 Å². The predicted octanol–water partition coefficient (Wildman–Crippen LogP) is 3.36. The van der Waals surface area contributed by atoms with Crippen LogP contribution in [0.5, 0.6) is 0 Å². The summed E-state index contributed by atoms with van der Waals surface area (Å²) >= 11 is 3.48. The highest BCUT2D eigenvalue weighted by atomic mass is 79.9. The lowest BCUT2D eigenvalue weighted by atomic mass is 9.92.